The molecule has 1 aliphatic heterocycles. The number of aryl methyl sites for hydroxylation is 1. The van der Waals surface area contributed by atoms with E-state index in [4.69, 9.17) is 13.9 Å². The Labute approximate surface area is 209 Å². The predicted octanol–water partition coefficient (Wildman–Crippen LogP) is 4.47. The number of ether oxygens (including phenoxy) is 2. The molecule has 5 aromatic rings. The van der Waals surface area contributed by atoms with Gasteiger partial charge in [-0.05, 0) is 53.4 Å². The molecular weight excluding hydrogens is 474 g/mol. The van der Waals surface area contributed by atoms with Crippen LogP contribution in [0.3, 0.4) is 0 Å². The van der Waals surface area contributed by atoms with Gasteiger partial charge in [-0.3, -0.25) is 14.4 Å². The van der Waals surface area contributed by atoms with Gasteiger partial charge in [-0.2, -0.15) is 0 Å². The van der Waals surface area contributed by atoms with Crippen LogP contribution in [0.25, 0.3) is 33.0 Å². The average molecular weight is 495 g/mol. The fourth-order valence-electron chi connectivity index (χ4n) is 5.01. The van der Waals surface area contributed by atoms with Gasteiger partial charge >= 0.3 is 5.97 Å². The fraction of sp³-hybridized carbons (Fsp3) is 0.138. The number of nitrogens with zero attached hydrogens (tertiary/aromatic N) is 1. The molecule has 0 aliphatic carbocycles. The Morgan fingerprint density at radius 2 is 1.78 bits per heavy atom. The van der Waals surface area contributed by atoms with E-state index in [0.717, 1.165) is 5.39 Å². The highest BCUT2D eigenvalue weighted by Crippen LogP contribution is 2.42. The number of methoxy groups -OCH3 is 1. The summed E-state index contributed by atoms with van der Waals surface area (Å²) in [6, 6.07) is 16.6. The van der Waals surface area contributed by atoms with Crippen molar-refractivity contribution in [3.8, 4) is 28.4 Å². The minimum absolute atomic E-state index is 0.0769. The molecule has 0 bridgehead atoms. The van der Waals surface area contributed by atoms with Crippen molar-refractivity contribution in [2.75, 3.05) is 7.11 Å². The van der Waals surface area contributed by atoms with Gasteiger partial charge in [0.25, 0.3) is 5.56 Å². The third-order valence-electron chi connectivity index (χ3n) is 6.90. The molecular formula is C29H21NO7. The highest BCUT2D eigenvalue weighted by molar-refractivity contribution is 5.91. The van der Waals surface area contributed by atoms with E-state index in [2.05, 4.69) is 0 Å². The van der Waals surface area contributed by atoms with Crippen LogP contribution >= 0.6 is 0 Å². The summed E-state index contributed by atoms with van der Waals surface area (Å²) in [5, 5.41) is 10.7. The first-order chi connectivity index (χ1) is 17.9. The smallest absolute Gasteiger partial charge is 0.312 e. The maximum Gasteiger partial charge on any atom is 0.312 e. The van der Waals surface area contributed by atoms with Crippen LogP contribution in [-0.2, 0) is 11.8 Å². The van der Waals surface area contributed by atoms with Gasteiger partial charge in [-0.25, -0.2) is 0 Å². The highest BCUT2D eigenvalue weighted by Gasteiger charge is 2.34. The lowest BCUT2D eigenvalue weighted by molar-refractivity contribution is -0.135. The zero-order valence-electron chi connectivity index (χ0n) is 20.0. The second kappa shape index (κ2) is 8.37. The SMILES string of the molecule is COc1ccc2cc([C@H]3CC(=O)Oc4ccc5c(=O)c(-c6ccc(O)cc6)coc5c43)c(=O)n(C)c2c1. The first-order valence-corrected chi connectivity index (χ1v) is 11.6. The minimum atomic E-state index is -0.673. The summed E-state index contributed by atoms with van der Waals surface area (Å²) in [5.41, 5.74) is 2.21. The van der Waals surface area contributed by atoms with E-state index in [1.807, 2.05) is 6.07 Å². The van der Waals surface area contributed by atoms with E-state index in [1.54, 1.807) is 56.6 Å². The van der Waals surface area contributed by atoms with Crippen molar-refractivity contribution in [3.63, 3.8) is 0 Å². The molecule has 1 N–H and O–H groups in total. The maximum atomic E-state index is 13.5. The molecule has 184 valence electrons. The number of aromatic nitrogens is 1. The van der Waals surface area contributed by atoms with Crippen LogP contribution in [0.5, 0.6) is 17.2 Å². The number of esters is 1. The molecule has 0 saturated heterocycles. The number of hydrogen-bond donors (Lipinski definition) is 1. The summed E-state index contributed by atoms with van der Waals surface area (Å²) < 4.78 is 18.3. The molecule has 1 aliphatic rings. The lowest BCUT2D eigenvalue weighted by Gasteiger charge is -2.25. The van der Waals surface area contributed by atoms with Gasteiger partial charge in [0.05, 0.1) is 30.0 Å². The number of aromatic hydroxyl groups is 1. The summed E-state index contributed by atoms with van der Waals surface area (Å²) in [4.78, 5) is 39.5. The summed E-state index contributed by atoms with van der Waals surface area (Å²) >= 11 is 0. The van der Waals surface area contributed by atoms with E-state index in [9.17, 15) is 19.5 Å². The summed E-state index contributed by atoms with van der Waals surface area (Å²) in [5.74, 6) is -0.183. The summed E-state index contributed by atoms with van der Waals surface area (Å²) in [7, 11) is 3.23. The van der Waals surface area contributed by atoms with Gasteiger partial charge in [-0.15, -0.1) is 0 Å². The maximum absolute atomic E-state index is 13.5. The Morgan fingerprint density at radius 3 is 2.54 bits per heavy atom. The number of hydrogen-bond acceptors (Lipinski definition) is 7. The van der Waals surface area contributed by atoms with E-state index in [0.29, 0.717) is 38.9 Å². The van der Waals surface area contributed by atoms with Crippen LogP contribution in [0.2, 0.25) is 0 Å². The number of fused-ring (bicyclic) bond motifs is 4. The lowest BCUT2D eigenvalue weighted by atomic mass is 9.85. The van der Waals surface area contributed by atoms with Crippen LogP contribution < -0.4 is 20.5 Å². The van der Waals surface area contributed by atoms with Crippen molar-refractivity contribution in [1.82, 2.24) is 4.57 Å². The van der Waals surface area contributed by atoms with Crippen LogP contribution in [0.1, 0.15) is 23.5 Å². The Kier molecular flexibility index (Phi) is 5.12. The van der Waals surface area contributed by atoms with Crippen molar-refractivity contribution in [2.24, 2.45) is 7.05 Å². The van der Waals surface area contributed by atoms with Gasteiger partial charge in [0.1, 0.15) is 29.1 Å². The van der Waals surface area contributed by atoms with E-state index in [1.165, 1.54) is 23.0 Å². The fourth-order valence-corrected chi connectivity index (χ4v) is 5.01. The zero-order valence-corrected chi connectivity index (χ0v) is 20.0. The monoisotopic (exact) mass is 495 g/mol. The first-order valence-electron chi connectivity index (χ1n) is 11.6. The summed E-state index contributed by atoms with van der Waals surface area (Å²) in [6.07, 6.45) is 1.28. The molecule has 0 spiro atoms. The van der Waals surface area contributed by atoms with Gasteiger partial charge < -0.3 is 23.6 Å². The number of phenols is 1. The van der Waals surface area contributed by atoms with E-state index in [-0.39, 0.29) is 34.5 Å². The molecule has 0 unspecified atom stereocenters. The lowest BCUT2D eigenvalue weighted by Crippen LogP contribution is -2.29. The topological polar surface area (TPSA) is 108 Å². The number of carbonyl (C=O) groups is 1. The van der Waals surface area contributed by atoms with Gasteiger partial charge in [-0.1, -0.05) is 12.1 Å². The van der Waals surface area contributed by atoms with Crippen LogP contribution in [0.15, 0.2) is 80.9 Å². The van der Waals surface area contributed by atoms with Crippen molar-refractivity contribution in [3.05, 3.63) is 98.6 Å². The molecule has 6 rings (SSSR count). The molecule has 8 nitrogen and oxygen atoms in total. The number of pyridine rings is 1. The summed E-state index contributed by atoms with van der Waals surface area (Å²) in [6.45, 7) is 0. The van der Waals surface area contributed by atoms with Crippen LogP contribution in [0, 0.1) is 0 Å². The first kappa shape index (κ1) is 22.6. The second-order valence-electron chi connectivity index (χ2n) is 9.00. The highest BCUT2D eigenvalue weighted by atomic mass is 16.5. The standard InChI is InChI=1S/C29H21NO7/c1-30-23-12-18(35-2)8-5-16(23)11-21(29(30)34)20-13-25(32)37-24-10-9-19-27(33)22(14-36-28(19)26(20)24)15-3-6-17(31)7-4-15/h3-12,14,20,31H,13H2,1-2H3/t20-/m1/s1. The Hall–Kier alpha value is -4.85. The molecule has 8 heteroatoms. The molecule has 0 fully saturated rings. The predicted molar refractivity (Wildman–Crippen MR) is 137 cm³/mol. The largest absolute Gasteiger partial charge is 0.508 e. The van der Waals surface area contributed by atoms with Crippen LogP contribution in [-0.4, -0.2) is 22.8 Å². The number of rotatable bonds is 3. The molecule has 0 saturated carbocycles. The third-order valence-corrected chi connectivity index (χ3v) is 6.90. The Bertz CT molecular complexity index is 1850. The molecule has 0 radical (unpaired) electrons. The minimum Gasteiger partial charge on any atom is -0.508 e. The van der Waals surface area contributed by atoms with E-state index >= 15 is 0 Å². The average Bonchev–Trinajstić information content (AvgIpc) is 2.90. The van der Waals surface area contributed by atoms with E-state index < -0.39 is 11.9 Å². The normalized spacial score (nSPS) is 15.0. The van der Waals surface area contributed by atoms with Gasteiger partial charge in [0, 0.05) is 30.2 Å². The quantitative estimate of drug-likeness (QED) is 0.291. The molecule has 0 amide bonds. The van der Waals surface area contributed by atoms with Crippen molar-refractivity contribution < 1.29 is 23.8 Å². The Morgan fingerprint density at radius 1 is 1.00 bits per heavy atom. The van der Waals surface area contributed by atoms with Crippen molar-refractivity contribution in [2.45, 2.75) is 12.3 Å². The molecule has 37 heavy (non-hydrogen) atoms. The second-order valence-corrected chi connectivity index (χ2v) is 9.00. The molecule has 3 heterocycles. The van der Waals surface area contributed by atoms with Crippen molar-refractivity contribution >= 4 is 27.8 Å². The van der Waals surface area contributed by atoms with Gasteiger partial charge in [0.2, 0.25) is 5.43 Å². The third kappa shape index (κ3) is 3.57. The number of carbonyl (C=O) groups excluding carboxylic acids is 1. The number of phenolic OH excluding ortho intramolecular Hbond substituents is 1. The molecule has 3 aromatic carbocycles. The van der Waals surface area contributed by atoms with Gasteiger partial charge in [0.15, 0.2) is 0 Å². The zero-order chi connectivity index (χ0) is 25.8. The molecule has 1 atom stereocenters. The number of benzene rings is 3. The molecule has 2 aromatic heterocycles. The van der Waals surface area contributed by atoms with Crippen LogP contribution in [0.4, 0.5) is 0 Å². The van der Waals surface area contributed by atoms with Crippen molar-refractivity contribution in [1.29, 1.82) is 0 Å². The Balaban J connectivity index is 1.59.